The summed E-state index contributed by atoms with van der Waals surface area (Å²) in [6.07, 6.45) is 1.75. The fourth-order valence-corrected chi connectivity index (χ4v) is 2.76. The summed E-state index contributed by atoms with van der Waals surface area (Å²) in [6, 6.07) is 3.47. The van der Waals surface area contributed by atoms with E-state index in [1.54, 1.807) is 37.1 Å². The molecule has 2 heterocycles. The largest absolute Gasteiger partial charge is 0.343 e. The third kappa shape index (κ3) is 3.29. The van der Waals surface area contributed by atoms with Gasteiger partial charge in [-0.25, -0.2) is 5.84 Å². The Morgan fingerprint density at radius 2 is 2.19 bits per heavy atom. The highest BCUT2D eigenvalue weighted by molar-refractivity contribution is 7.14. The first-order valence-corrected chi connectivity index (χ1v) is 7.09. The van der Waals surface area contributed by atoms with Crippen LogP contribution in [0.4, 0.5) is 0 Å². The summed E-state index contributed by atoms with van der Waals surface area (Å²) in [7, 11) is 3.37. The van der Waals surface area contributed by atoms with E-state index < -0.39 is 0 Å². The zero-order valence-electron chi connectivity index (χ0n) is 12.1. The van der Waals surface area contributed by atoms with Gasteiger partial charge >= 0.3 is 0 Å². The topological polar surface area (TPSA) is 93.2 Å². The molecule has 0 atom stereocenters. The van der Waals surface area contributed by atoms with Crippen LogP contribution in [0.1, 0.15) is 30.6 Å². The molecule has 8 heteroatoms. The van der Waals surface area contributed by atoms with Gasteiger partial charge in [0.25, 0.3) is 11.8 Å². The molecule has 0 unspecified atom stereocenters. The van der Waals surface area contributed by atoms with Crippen LogP contribution in [0.15, 0.2) is 18.3 Å². The summed E-state index contributed by atoms with van der Waals surface area (Å²) in [5.74, 6) is 4.68. The van der Waals surface area contributed by atoms with Gasteiger partial charge in [0.2, 0.25) is 0 Å². The summed E-state index contributed by atoms with van der Waals surface area (Å²) in [5.41, 5.74) is 3.49. The molecule has 112 valence electrons. The fraction of sp³-hybridized carbons (Fsp3) is 0.308. The molecule has 0 radical (unpaired) electrons. The monoisotopic (exact) mass is 307 g/mol. The summed E-state index contributed by atoms with van der Waals surface area (Å²) >= 11 is 1.38. The number of nitrogens with zero attached hydrogens (tertiary/aromatic N) is 3. The number of rotatable bonds is 4. The number of nitrogens with one attached hydrogen (secondary N) is 1. The third-order valence-corrected chi connectivity index (χ3v) is 4.07. The number of amides is 2. The van der Waals surface area contributed by atoms with E-state index in [9.17, 15) is 9.59 Å². The van der Waals surface area contributed by atoms with Gasteiger partial charge in [-0.1, -0.05) is 0 Å². The molecule has 0 bridgehead atoms. The Balaban J connectivity index is 2.17. The number of aryl methyl sites for hydroxylation is 1. The number of carbonyl (C=O) groups is 2. The first-order valence-electron chi connectivity index (χ1n) is 6.27. The van der Waals surface area contributed by atoms with Gasteiger partial charge in [0, 0.05) is 25.2 Å². The van der Waals surface area contributed by atoms with E-state index in [0.717, 1.165) is 10.4 Å². The number of nitrogen functional groups attached to an aromatic ring is 1. The first kappa shape index (κ1) is 15.2. The predicted octanol–water partition coefficient (Wildman–Crippen LogP) is 0.607. The van der Waals surface area contributed by atoms with Crippen LogP contribution in [-0.4, -0.2) is 40.6 Å². The van der Waals surface area contributed by atoms with Crippen molar-refractivity contribution in [2.75, 3.05) is 14.1 Å². The van der Waals surface area contributed by atoms with E-state index in [1.165, 1.54) is 16.2 Å². The molecule has 3 N–H and O–H groups in total. The van der Waals surface area contributed by atoms with E-state index in [-0.39, 0.29) is 11.8 Å². The van der Waals surface area contributed by atoms with Crippen molar-refractivity contribution in [3.8, 4) is 0 Å². The molecule has 2 aromatic heterocycles. The molecule has 0 aliphatic heterocycles. The summed E-state index contributed by atoms with van der Waals surface area (Å²) in [4.78, 5) is 26.3. The van der Waals surface area contributed by atoms with Crippen molar-refractivity contribution < 1.29 is 9.59 Å². The number of aromatic nitrogens is 2. The minimum atomic E-state index is -0.307. The maximum Gasteiger partial charge on any atom is 0.275 e. The number of hydrogen-bond acceptors (Lipinski definition) is 5. The Morgan fingerprint density at radius 1 is 1.48 bits per heavy atom. The average Bonchev–Trinajstić information content (AvgIpc) is 3.05. The molecule has 0 fully saturated rings. The molecule has 0 saturated heterocycles. The van der Waals surface area contributed by atoms with Crippen LogP contribution in [0.2, 0.25) is 0 Å². The quantitative estimate of drug-likeness (QED) is 0.491. The van der Waals surface area contributed by atoms with E-state index >= 15 is 0 Å². The Hall–Kier alpha value is -2.19. The third-order valence-electron chi connectivity index (χ3n) is 2.97. The average molecular weight is 307 g/mol. The van der Waals surface area contributed by atoms with Crippen molar-refractivity contribution in [1.82, 2.24) is 20.1 Å². The van der Waals surface area contributed by atoms with Gasteiger partial charge in [0.05, 0.1) is 11.4 Å². The van der Waals surface area contributed by atoms with Crippen molar-refractivity contribution in [3.05, 3.63) is 39.3 Å². The predicted molar refractivity (Wildman–Crippen MR) is 80.1 cm³/mol. The second kappa shape index (κ2) is 6.06. The second-order valence-electron chi connectivity index (χ2n) is 4.76. The van der Waals surface area contributed by atoms with Gasteiger partial charge in [0.15, 0.2) is 0 Å². The van der Waals surface area contributed by atoms with Gasteiger partial charge in [-0.15, -0.1) is 11.3 Å². The Kier molecular flexibility index (Phi) is 4.39. The Morgan fingerprint density at radius 3 is 2.81 bits per heavy atom. The zero-order chi connectivity index (χ0) is 15.6. The van der Waals surface area contributed by atoms with E-state index in [2.05, 4.69) is 10.5 Å². The molecule has 0 saturated carbocycles. The van der Waals surface area contributed by atoms with E-state index in [1.807, 2.05) is 6.92 Å². The highest BCUT2D eigenvalue weighted by Gasteiger charge is 2.14. The maximum atomic E-state index is 11.8. The number of nitrogens with two attached hydrogens (primary N) is 1. The van der Waals surface area contributed by atoms with Crippen molar-refractivity contribution in [3.63, 3.8) is 0 Å². The van der Waals surface area contributed by atoms with Gasteiger partial charge in [-0.3, -0.25) is 19.7 Å². The summed E-state index contributed by atoms with van der Waals surface area (Å²) in [6.45, 7) is 2.43. The summed E-state index contributed by atoms with van der Waals surface area (Å²) in [5, 5.41) is 4.25. The standard InChI is InChI=1S/C13H17N5O2S/c1-8-9(6-11(21-8)12(19)15-14)7-18-5-4-10(16-18)13(20)17(2)3/h4-6H,7,14H2,1-3H3,(H,15,19). The molecule has 0 aliphatic rings. The molecular formula is C13H17N5O2S. The summed E-state index contributed by atoms with van der Waals surface area (Å²) < 4.78 is 1.68. The minimum absolute atomic E-state index is 0.140. The van der Waals surface area contributed by atoms with Crippen LogP contribution in [0, 0.1) is 6.92 Å². The number of hydrogen-bond donors (Lipinski definition) is 2. The number of thiophene rings is 1. The Labute approximate surface area is 126 Å². The van der Waals surface area contributed by atoms with Gasteiger partial charge in [-0.05, 0) is 24.6 Å². The van der Waals surface area contributed by atoms with Crippen molar-refractivity contribution in [2.24, 2.45) is 5.84 Å². The fourth-order valence-electron chi connectivity index (χ4n) is 1.83. The second-order valence-corrected chi connectivity index (χ2v) is 6.02. The zero-order valence-corrected chi connectivity index (χ0v) is 12.9. The van der Waals surface area contributed by atoms with Crippen molar-refractivity contribution in [1.29, 1.82) is 0 Å². The van der Waals surface area contributed by atoms with Crippen LogP contribution in [0.25, 0.3) is 0 Å². The number of hydrazine groups is 1. The van der Waals surface area contributed by atoms with Gasteiger partial charge < -0.3 is 4.90 Å². The van der Waals surface area contributed by atoms with Gasteiger partial charge in [-0.2, -0.15) is 5.10 Å². The lowest BCUT2D eigenvalue weighted by Crippen LogP contribution is -2.29. The number of carbonyl (C=O) groups excluding carboxylic acids is 2. The van der Waals surface area contributed by atoms with Gasteiger partial charge in [0.1, 0.15) is 5.69 Å². The van der Waals surface area contributed by atoms with Crippen LogP contribution in [0.3, 0.4) is 0 Å². The maximum absolute atomic E-state index is 11.8. The SMILES string of the molecule is Cc1sc(C(=O)NN)cc1Cn1ccc(C(=O)N(C)C)n1. The first-order chi connectivity index (χ1) is 9.92. The lowest BCUT2D eigenvalue weighted by molar-refractivity contribution is 0.0820. The smallest absolute Gasteiger partial charge is 0.275 e. The molecule has 0 spiro atoms. The van der Waals surface area contributed by atoms with Crippen molar-refractivity contribution >= 4 is 23.2 Å². The minimum Gasteiger partial charge on any atom is -0.343 e. The molecule has 7 nitrogen and oxygen atoms in total. The Bertz CT molecular complexity index is 674. The van der Waals surface area contributed by atoms with E-state index in [4.69, 9.17) is 5.84 Å². The van der Waals surface area contributed by atoms with Crippen molar-refractivity contribution in [2.45, 2.75) is 13.5 Å². The van der Waals surface area contributed by atoms with Crippen LogP contribution in [0.5, 0.6) is 0 Å². The normalized spacial score (nSPS) is 10.5. The molecule has 0 aromatic carbocycles. The van der Waals surface area contributed by atoms with Crippen LogP contribution < -0.4 is 11.3 Å². The molecular weight excluding hydrogens is 290 g/mol. The highest BCUT2D eigenvalue weighted by Crippen LogP contribution is 2.22. The van der Waals surface area contributed by atoms with Crippen LogP contribution >= 0.6 is 11.3 Å². The molecule has 0 aliphatic carbocycles. The highest BCUT2D eigenvalue weighted by atomic mass is 32.1. The lowest BCUT2D eigenvalue weighted by Gasteiger charge is -2.07. The molecule has 2 aromatic rings. The molecule has 2 amide bonds. The van der Waals surface area contributed by atoms with Crippen LogP contribution in [-0.2, 0) is 6.54 Å². The molecule has 21 heavy (non-hydrogen) atoms. The lowest BCUT2D eigenvalue weighted by atomic mass is 10.2. The molecule has 2 rings (SSSR count). The van der Waals surface area contributed by atoms with E-state index in [0.29, 0.717) is 17.1 Å².